The number of furan rings is 1. The van der Waals surface area contributed by atoms with Gasteiger partial charge >= 0.3 is 0 Å². The van der Waals surface area contributed by atoms with Crippen LogP contribution in [-0.4, -0.2) is 23.2 Å². The summed E-state index contributed by atoms with van der Waals surface area (Å²) in [5.41, 5.74) is -0.0856. The van der Waals surface area contributed by atoms with Crippen molar-refractivity contribution in [3.05, 3.63) is 23.7 Å². The maximum atomic E-state index is 12.2. The third-order valence-corrected chi connectivity index (χ3v) is 4.72. The molecule has 1 atom stereocenters. The van der Waals surface area contributed by atoms with Gasteiger partial charge in [-0.15, -0.1) is 0 Å². The maximum absolute atomic E-state index is 12.2. The molecular weight excluding hydrogens is 254 g/mol. The summed E-state index contributed by atoms with van der Waals surface area (Å²) in [6.45, 7) is 8.43. The highest BCUT2D eigenvalue weighted by Gasteiger charge is 2.47. The van der Waals surface area contributed by atoms with Gasteiger partial charge in [-0.2, -0.15) is 0 Å². The quantitative estimate of drug-likeness (QED) is 0.890. The van der Waals surface area contributed by atoms with Crippen LogP contribution in [0.4, 0.5) is 0 Å². The van der Waals surface area contributed by atoms with E-state index >= 15 is 0 Å². The Morgan fingerprint density at radius 3 is 2.70 bits per heavy atom. The van der Waals surface area contributed by atoms with Gasteiger partial charge in [0.25, 0.3) is 5.91 Å². The molecule has 0 spiro atoms. The van der Waals surface area contributed by atoms with Gasteiger partial charge in [0.2, 0.25) is 0 Å². The van der Waals surface area contributed by atoms with Gasteiger partial charge in [-0.1, -0.05) is 27.7 Å². The molecule has 20 heavy (non-hydrogen) atoms. The molecule has 1 aromatic rings. The second-order valence-corrected chi connectivity index (χ2v) is 6.81. The minimum absolute atomic E-state index is 0.162. The summed E-state index contributed by atoms with van der Waals surface area (Å²) in [5.74, 6) is 0.356. The van der Waals surface area contributed by atoms with Gasteiger partial charge in [-0.05, 0) is 36.7 Å². The van der Waals surface area contributed by atoms with Crippen LogP contribution in [0.15, 0.2) is 16.7 Å². The van der Waals surface area contributed by atoms with Crippen LogP contribution in [-0.2, 0) is 0 Å². The van der Waals surface area contributed by atoms with Gasteiger partial charge in [-0.3, -0.25) is 4.79 Å². The van der Waals surface area contributed by atoms with E-state index in [9.17, 15) is 9.90 Å². The number of nitrogens with one attached hydrogen (secondary N) is 1. The predicted octanol–water partition coefficient (Wildman–Crippen LogP) is 3.07. The van der Waals surface area contributed by atoms with Crippen molar-refractivity contribution in [1.29, 1.82) is 0 Å². The lowest BCUT2D eigenvalue weighted by Gasteiger charge is -2.36. The molecule has 0 bridgehead atoms. The molecule has 1 aliphatic rings. The Hall–Kier alpha value is -1.29. The van der Waals surface area contributed by atoms with E-state index in [0.717, 1.165) is 24.8 Å². The molecule has 1 saturated carbocycles. The summed E-state index contributed by atoms with van der Waals surface area (Å²) in [4.78, 5) is 12.2. The molecule has 4 heteroatoms. The molecule has 0 aromatic carbocycles. The van der Waals surface area contributed by atoms with Crippen molar-refractivity contribution in [1.82, 2.24) is 5.32 Å². The third-order valence-electron chi connectivity index (χ3n) is 4.72. The molecule has 1 aliphatic carbocycles. The second kappa shape index (κ2) is 5.24. The van der Waals surface area contributed by atoms with E-state index in [1.54, 1.807) is 6.26 Å². The highest BCUT2D eigenvalue weighted by atomic mass is 16.3. The van der Waals surface area contributed by atoms with Gasteiger partial charge in [0.15, 0.2) is 5.76 Å². The summed E-state index contributed by atoms with van der Waals surface area (Å²) in [5, 5.41) is 13.5. The first-order valence-corrected chi connectivity index (χ1v) is 7.35. The zero-order valence-corrected chi connectivity index (χ0v) is 12.8. The van der Waals surface area contributed by atoms with Crippen LogP contribution in [0.5, 0.6) is 0 Å². The number of rotatable bonds is 4. The molecular formula is C16H25NO3. The number of hydrogen-bond acceptors (Lipinski definition) is 3. The fourth-order valence-electron chi connectivity index (χ4n) is 2.99. The standard InChI is InChI=1S/C16H25NO3/c1-11(2)12-6-9-20-13(12)14(18)17-10-16(19)8-5-7-15(16,3)4/h6,9,11,19H,5,7-8,10H2,1-4H3,(H,17,18). The van der Waals surface area contributed by atoms with Crippen molar-refractivity contribution in [2.45, 2.75) is 58.5 Å². The maximum Gasteiger partial charge on any atom is 0.287 e. The van der Waals surface area contributed by atoms with Crippen LogP contribution in [0.2, 0.25) is 0 Å². The van der Waals surface area contributed by atoms with E-state index < -0.39 is 5.60 Å². The summed E-state index contributed by atoms with van der Waals surface area (Å²) < 4.78 is 5.29. The average molecular weight is 279 g/mol. The second-order valence-electron chi connectivity index (χ2n) is 6.81. The normalized spacial score (nSPS) is 25.1. The van der Waals surface area contributed by atoms with E-state index in [-0.39, 0.29) is 23.8 Å². The van der Waals surface area contributed by atoms with Gasteiger partial charge in [0.1, 0.15) is 0 Å². The molecule has 1 heterocycles. The fourth-order valence-corrected chi connectivity index (χ4v) is 2.99. The number of carbonyl (C=O) groups excluding carboxylic acids is 1. The first-order chi connectivity index (χ1) is 9.27. The molecule has 1 fully saturated rings. The van der Waals surface area contributed by atoms with Crippen LogP contribution in [0.3, 0.4) is 0 Å². The zero-order chi connectivity index (χ0) is 15.0. The monoisotopic (exact) mass is 279 g/mol. The molecule has 2 N–H and O–H groups in total. The first kappa shape index (κ1) is 15.1. The number of amides is 1. The Morgan fingerprint density at radius 1 is 1.45 bits per heavy atom. The lowest BCUT2D eigenvalue weighted by Crippen LogP contribution is -2.49. The largest absolute Gasteiger partial charge is 0.459 e. The van der Waals surface area contributed by atoms with E-state index in [4.69, 9.17) is 4.42 Å². The molecule has 0 aliphatic heterocycles. The smallest absolute Gasteiger partial charge is 0.287 e. The summed E-state index contributed by atoms with van der Waals surface area (Å²) in [6, 6.07) is 1.83. The summed E-state index contributed by atoms with van der Waals surface area (Å²) in [6.07, 6.45) is 4.25. The van der Waals surface area contributed by atoms with E-state index in [1.807, 2.05) is 19.9 Å². The topological polar surface area (TPSA) is 62.5 Å². The van der Waals surface area contributed by atoms with Crippen molar-refractivity contribution in [2.75, 3.05) is 6.54 Å². The fraction of sp³-hybridized carbons (Fsp3) is 0.688. The van der Waals surface area contributed by atoms with E-state index in [1.165, 1.54) is 0 Å². The number of hydrogen-bond donors (Lipinski definition) is 2. The zero-order valence-electron chi connectivity index (χ0n) is 12.8. The highest BCUT2D eigenvalue weighted by molar-refractivity contribution is 5.93. The Bertz CT molecular complexity index is 490. The molecule has 1 unspecified atom stereocenters. The molecule has 112 valence electrons. The van der Waals surface area contributed by atoms with Gasteiger partial charge in [0, 0.05) is 12.1 Å². The Balaban J connectivity index is 2.04. The third kappa shape index (κ3) is 2.62. The minimum atomic E-state index is -0.826. The summed E-state index contributed by atoms with van der Waals surface area (Å²) in [7, 11) is 0. The average Bonchev–Trinajstić information content (AvgIpc) is 2.93. The summed E-state index contributed by atoms with van der Waals surface area (Å²) >= 11 is 0. The molecule has 0 saturated heterocycles. The van der Waals surface area contributed by atoms with Crippen molar-refractivity contribution in [3.63, 3.8) is 0 Å². The van der Waals surface area contributed by atoms with Gasteiger partial charge in [0.05, 0.1) is 11.9 Å². The van der Waals surface area contributed by atoms with Crippen LogP contribution < -0.4 is 5.32 Å². The Labute approximate surface area is 120 Å². The minimum Gasteiger partial charge on any atom is -0.459 e. The Morgan fingerprint density at radius 2 is 2.15 bits per heavy atom. The molecule has 0 radical (unpaired) electrons. The van der Waals surface area contributed by atoms with Crippen LogP contribution in [0.1, 0.15) is 69.0 Å². The lowest BCUT2D eigenvalue weighted by molar-refractivity contribution is -0.0395. The van der Waals surface area contributed by atoms with E-state index in [0.29, 0.717) is 5.76 Å². The SMILES string of the molecule is CC(C)c1ccoc1C(=O)NCC1(O)CCCC1(C)C. The highest BCUT2D eigenvalue weighted by Crippen LogP contribution is 2.45. The van der Waals surface area contributed by atoms with Gasteiger partial charge < -0.3 is 14.8 Å². The van der Waals surface area contributed by atoms with Crippen molar-refractivity contribution >= 4 is 5.91 Å². The van der Waals surface area contributed by atoms with Crippen molar-refractivity contribution in [2.24, 2.45) is 5.41 Å². The van der Waals surface area contributed by atoms with Crippen LogP contribution >= 0.6 is 0 Å². The van der Waals surface area contributed by atoms with Crippen LogP contribution in [0, 0.1) is 5.41 Å². The number of aliphatic hydroxyl groups is 1. The number of carbonyl (C=O) groups is 1. The van der Waals surface area contributed by atoms with Crippen molar-refractivity contribution < 1.29 is 14.3 Å². The molecule has 1 amide bonds. The van der Waals surface area contributed by atoms with Crippen molar-refractivity contribution in [3.8, 4) is 0 Å². The molecule has 1 aromatic heterocycles. The molecule has 4 nitrogen and oxygen atoms in total. The first-order valence-electron chi connectivity index (χ1n) is 7.35. The Kier molecular flexibility index (Phi) is 3.96. The van der Waals surface area contributed by atoms with Crippen LogP contribution in [0.25, 0.3) is 0 Å². The predicted molar refractivity (Wildman–Crippen MR) is 77.7 cm³/mol. The van der Waals surface area contributed by atoms with E-state index in [2.05, 4.69) is 19.2 Å². The molecule has 2 rings (SSSR count). The van der Waals surface area contributed by atoms with Gasteiger partial charge in [-0.25, -0.2) is 0 Å². The lowest BCUT2D eigenvalue weighted by atomic mass is 9.78.